The average Bonchev–Trinajstić information content (AvgIpc) is 2.97. The summed E-state index contributed by atoms with van der Waals surface area (Å²) in [5, 5.41) is 0. The van der Waals surface area contributed by atoms with Crippen LogP contribution in [0.5, 0.6) is 11.5 Å². The van der Waals surface area contributed by atoms with E-state index in [0.717, 1.165) is 35.5 Å². The molecule has 2 aliphatic rings. The van der Waals surface area contributed by atoms with Gasteiger partial charge in [0.25, 0.3) is 0 Å². The van der Waals surface area contributed by atoms with Gasteiger partial charge in [0, 0.05) is 24.2 Å². The molecule has 0 saturated carbocycles. The Morgan fingerprint density at radius 3 is 2.47 bits per heavy atom. The number of hydrogen-bond acceptors (Lipinski definition) is 4. The maximum Gasteiger partial charge on any atom is 0.231 e. The summed E-state index contributed by atoms with van der Waals surface area (Å²) in [6.07, 6.45) is 1.83. The van der Waals surface area contributed by atoms with Gasteiger partial charge in [-0.25, -0.2) is 0 Å². The van der Waals surface area contributed by atoms with Crippen molar-refractivity contribution in [3.05, 3.63) is 63.9 Å². The number of Topliss-reactive ketones (excluding diaryl/α,β-unsaturated/α-hetero) is 1. The van der Waals surface area contributed by atoms with Crippen LogP contribution in [0.15, 0.2) is 36.1 Å². The van der Waals surface area contributed by atoms with Crippen molar-refractivity contribution < 1.29 is 14.3 Å². The Bertz CT molecular complexity index is 1010. The third-order valence-corrected chi connectivity index (χ3v) is 5.70. The first-order valence-electron chi connectivity index (χ1n) is 10.7. The fraction of sp³-hybridized carbons (Fsp3) is 0.423. The molecule has 2 aliphatic heterocycles. The van der Waals surface area contributed by atoms with Crippen molar-refractivity contribution in [2.75, 3.05) is 13.3 Å². The lowest BCUT2D eigenvalue weighted by Gasteiger charge is -2.31. The first kappa shape index (κ1) is 20.7. The zero-order chi connectivity index (χ0) is 21.6. The van der Waals surface area contributed by atoms with Gasteiger partial charge in [0.2, 0.25) is 5.78 Å². The number of carbonyl (C=O) groups excluding carboxylic acids is 1. The van der Waals surface area contributed by atoms with Crippen LogP contribution in [0.25, 0.3) is 6.08 Å². The zero-order valence-corrected chi connectivity index (χ0v) is 18.8. The second kappa shape index (κ2) is 7.59. The van der Waals surface area contributed by atoms with Crippen LogP contribution in [-0.4, -0.2) is 24.0 Å². The summed E-state index contributed by atoms with van der Waals surface area (Å²) in [5.41, 5.74) is 4.93. The van der Waals surface area contributed by atoms with Crippen molar-refractivity contribution in [1.29, 1.82) is 0 Å². The van der Waals surface area contributed by atoms with Gasteiger partial charge >= 0.3 is 0 Å². The highest BCUT2D eigenvalue weighted by Gasteiger charge is 2.33. The monoisotopic (exact) mass is 405 g/mol. The first-order chi connectivity index (χ1) is 14.1. The van der Waals surface area contributed by atoms with Crippen LogP contribution >= 0.6 is 0 Å². The number of ketones is 1. The summed E-state index contributed by atoms with van der Waals surface area (Å²) in [7, 11) is 0. The Hall–Kier alpha value is -2.59. The zero-order valence-electron chi connectivity index (χ0n) is 18.8. The van der Waals surface area contributed by atoms with E-state index in [-0.39, 0.29) is 11.2 Å². The van der Waals surface area contributed by atoms with E-state index >= 15 is 0 Å². The van der Waals surface area contributed by atoms with E-state index in [1.54, 1.807) is 0 Å². The maximum atomic E-state index is 13.1. The van der Waals surface area contributed by atoms with Crippen molar-refractivity contribution in [3.63, 3.8) is 0 Å². The SMILES string of the molecule is Cc1c2c(cc3c1O/C(=C\c1ccc(C(C)(C)C)cc1)C3=O)CN(CC(C)C)CO2. The normalized spacial score (nSPS) is 17.7. The lowest BCUT2D eigenvalue weighted by molar-refractivity contribution is 0.0835. The smallest absolute Gasteiger partial charge is 0.231 e. The standard InChI is InChI=1S/C26H31NO3/c1-16(2)13-27-14-19-12-21-23(28)22(30-25(21)17(3)24(19)29-15-27)11-18-7-9-20(10-8-18)26(4,5)6/h7-12,16H,13-15H2,1-6H3/b22-11-. The number of carbonyl (C=O) groups is 1. The van der Waals surface area contributed by atoms with Crippen molar-refractivity contribution in [2.24, 2.45) is 5.92 Å². The molecule has 0 unspecified atom stereocenters. The Morgan fingerprint density at radius 2 is 1.83 bits per heavy atom. The molecule has 0 aliphatic carbocycles. The molecule has 0 radical (unpaired) electrons. The molecule has 0 aromatic heterocycles. The van der Waals surface area contributed by atoms with E-state index in [9.17, 15) is 4.79 Å². The van der Waals surface area contributed by atoms with Gasteiger partial charge in [-0.2, -0.15) is 0 Å². The molecule has 4 nitrogen and oxygen atoms in total. The van der Waals surface area contributed by atoms with Crippen LogP contribution in [0, 0.1) is 12.8 Å². The van der Waals surface area contributed by atoms with Crippen LogP contribution in [-0.2, 0) is 12.0 Å². The number of fused-ring (bicyclic) bond motifs is 2. The fourth-order valence-electron chi connectivity index (χ4n) is 4.16. The van der Waals surface area contributed by atoms with E-state index in [1.165, 1.54) is 5.56 Å². The van der Waals surface area contributed by atoms with Gasteiger partial charge in [-0.15, -0.1) is 0 Å². The molecule has 2 aromatic carbocycles. The summed E-state index contributed by atoms with van der Waals surface area (Å²) in [4.78, 5) is 15.3. The minimum atomic E-state index is -0.0585. The summed E-state index contributed by atoms with van der Waals surface area (Å²) in [6, 6.07) is 10.3. The Labute approximate surface area is 179 Å². The van der Waals surface area contributed by atoms with Crippen LogP contribution < -0.4 is 9.47 Å². The van der Waals surface area contributed by atoms with Crippen molar-refractivity contribution in [2.45, 2.75) is 53.5 Å². The second-order valence-corrected chi connectivity index (χ2v) is 9.86. The lowest BCUT2D eigenvalue weighted by Crippen LogP contribution is -2.35. The summed E-state index contributed by atoms with van der Waals surface area (Å²) in [5.74, 6) is 2.37. The van der Waals surface area contributed by atoms with Gasteiger partial charge in [0.1, 0.15) is 18.2 Å². The molecule has 0 bridgehead atoms. The van der Waals surface area contributed by atoms with E-state index in [0.29, 0.717) is 29.7 Å². The van der Waals surface area contributed by atoms with E-state index in [4.69, 9.17) is 9.47 Å². The second-order valence-electron chi connectivity index (χ2n) is 9.86. The van der Waals surface area contributed by atoms with Crippen molar-refractivity contribution in [1.82, 2.24) is 4.90 Å². The van der Waals surface area contributed by atoms with Crippen LogP contribution in [0.3, 0.4) is 0 Å². The highest BCUT2D eigenvalue weighted by atomic mass is 16.5. The van der Waals surface area contributed by atoms with Crippen molar-refractivity contribution >= 4 is 11.9 Å². The molecular formula is C26H31NO3. The van der Waals surface area contributed by atoms with Gasteiger partial charge in [-0.05, 0) is 41.5 Å². The maximum absolute atomic E-state index is 13.1. The number of rotatable bonds is 3. The molecule has 2 heterocycles. The summed E-state index contributed by atoms with van der Waals surface area (Å²) < 4.78 is 12.1. The molecule has 0 fully saturated rings. The number of allylic oxidation sites excluding steroid dienone is 1. The molecule has 0 amide bonds. The molecule has 0 saturated heterocycles. The largest absolute Gasteiger partial charge is 0.477 e. The molecular weight excluding hydrogens is 374 g/mol. The van der Waals surface area contributed by atoms with Crippen LogP contribution in [0.2, 0.25) is 0 Å². The third kappa shape index (κ3) is 3.89. The molecule has 158 valence electrons. The molecule has 30 heavy (non-hydrogen) atoms. The summed E-state index contributed by atoms with van der Waals surface area (Å²) >= 11 is 0. The first-order valence-corrected chi connectivity index (χ1v) is 10.7. The Balaban J connectivity index is 1.62. The molecule has 2 aromatic rings. The highest BCUT2D eigenvalue weighted by molar-refractivity contribution is 6.15. The molecule has 0 atom stereocenters. The quantitative estimate of drug-likeness (QED) is 0.613. The van der Waals surface area contributed by atoms with E-state index < -0.39 is 0 Å². The summed E-state index contributed by atoms with van der Waals surface area (Å²) in [6.45, 7) is 15.3. The Kier molecular flexibility index (Phi) is 5.23. The molecule has 4 rings (SSSR count). The van der Waals surface area contributed by atoms with Gasteiger partial charge in [0.05, 0.1) is 5.56 Å². The number of hydrogen-bond donors (Lipinski definition) is 0. The fourth-order valence-corrected chi connectivity index (χ4v) is 4.16. The number of nitrogens with zero attached hydrogens (tertiary/aromatic N) is 1. The van der Waals surface area contributed by atoms with Crippen LogP contribution in [0.4, 0.5) is 0 Å². The van der Waals surface area contributed by atoms with E-state index in [1.807, 2.05) is 31.2 Å². The molecule has 0 N–H and O–H groups in total. The number of benzene rings is 2. The predicted molar refractivity (Wildman–Crippen MR) is 120 cm³/mol. The van der Waals surface area contributed by atoms with Gasteiger partial charge in [-0.3, -0.25) is 9.69 Å². The van der Waals surface area contributed by atoms with Gasteiger partial charge < -0.3 is 9.47 Å². The highest BCUT2D eigenvalue weighted by Crippen LogP contribution is 2.43. The average molecular weight is 406 g/mol. The molecule has 0 spiro atoms. The lowest BCUT2D eigenvalue weighted by atomic mass is 9.86. The van der Waals surface area contributed by atoms with Crippen molar-refractivity contribution in [3.8, 4) is 11.5 Å². The minimum Gasteiger partial charge on any atom is -0.477 e. The van der Waals surface area contributed by atoms with Gasteiger partial charge in [-0.1, -0.05) is 58.9 Å². The predicted octanol–water partition coefficient (Wildman–Crippen LogP) is 5.72. The minimum absolute atomic E-state index is 0.0585. The van der Waals surface area contributed by atoms with Gasteiger partial charge in [0.15, 0.2) is 5.76 Å². The Morgan fingerprint density at radius 1 is 1.13 bits per heavy atom. The number of ether oxygens (including phenoxy) is 2. The van der Waals surface area contributed by atoms with Crippen LogP contribution in [0.1, 0.15) is 67.2 Å². The third-order valence-electron chi connectivity index (χ3n) is 5.70. The van der Waals surface area contributed by atoms with E-state index in [2.05, 4.69) is 51.7 Å². The topological polar surface area (TPSA) is 38.8 Å². The molecule has 4 heteroatoms.